The molecule has 3 aromatic carbocycles. The van der Waals surface area contributed by atoms with Crippen molar-refractivity contribution in [2.75, 3.05) is 0 Å². The average molecular weight is 381 g/mol. The van der Waals surface area contributed by atoms with E-state index in [0.29, 0.717) is 15.9 Å². The molecular weight excluding hydrogens is 368 g/mol. The minimum Gasteiger partial charge on any atom is -0.507 e. The number of H-pyrrole nitrogens is 1. The van der Waals surface area contributed by atoms with Gasteiger partial charge in [0.15, 0.2) is 0 Å². The van der Waals surface area contributed by atoms with Crippen LogP contribution in [0.25, 0.3) is 21.7 Å². The van der Waals surface area contributed by atoms with Crippen LogP contribution >= 0.6 is 11.6 Å². The van der Waals surface area contributed by atoms with E-state index in [2.05, 4.69) is 9.97 Å². The van der Waals surface area contributed by atoms with Crippen LogP contribution in [0.5, 0.6) is 5.75 Å². The molecule has 0 saturated carbocycles. The largest absolute Gasteiger partial charge is 0.507 e. The first kappa shape index (κ1) is 17.1. The van der Waals surface area contributed by atoms with E-state index in [-0.39, 0.29) is 29.3 Å². The van der Waals surface area contributed by atoms with Crippen LogP contribution in [0.4, 0.5) is 0 Å². The third kappa shape index (κ3) is 3.35. The van der Waals surface area contributed by atoms with E-state index in [1.54, 1.807) is 24.3 Å². The third-order valence-corrected chi connectivity index (χ3v) is 4.38. The van der Waals surface area contributed by atoms with Crippen LogP contribution in [0.1, 0.15) is 16.2 Å². The van der Waals surface area contributed by atoms with Gasteiger partial charge in [-0.1, -0.05) is 35.9 Å². The van der Waals surface area contributed by atoms with Crippen molar-refractivity contribution in [2.24, 2.45) is 0 Å². The SMILES string of the molecule is O=C(OCc1nc2cc(Cl)ccc2c(=O)[nH]1)c1cc2ccccc2cc1O. The number of benzene rings is 3. The molecule has 0 atom stereocenters. The van der Waals surface area contributed by atoms with E-state index in [1.165, 1.54) is 6.07 Å². The van der Waals surface area contributed by atoms with Crippen molar-refractivity contribution in [3.05, 3.63) is 81.4 Å². The Morgan fingerprint density at radius 1 is 1.11 bits per heavy atom. The fraction of sp³-hybridized carbons (Fsp3) is 0.0500. The lowest BCUT2D eigenvalue weighted by Gasteiger charge is -2.08. The Morgan fingerprint density at radius 2 is 1.85 bits per heavy atom. The minimum absolute atomic E-state index is 0.0416. The first-order chi connectivity index (χ1) is 13.0. The maximum Gasteiger partial charge on any atom is 0.342 e. The Labute approximate surface area is 158 Å². The number of rotatable bonds is 3. The number of carbonyl (C=O) groups excluding carboxylic acids is 1. The summed E-state index contributed by atoms with van der Waals surface area (Å²) < 4.78 is 5.21. The zero-order valence-corrected chi connectivity index (χ0v) is 14.7. The molecule has 0 radical (unpaired) electrons. The minimum atomic E-state index is -0.716. The van der Waals surface area contributed by atoms with Crippen LogP contribution in [0.3, 0.4) is 0 Å². The molecule has 0 spiro atoms. The predicted octanol–water partition coefficient (Wildman–Crippen LogP) is 3.79. The van der Waals surface area contributed by atoms with Crippen molar-refractivity contribution in [1.29, 1.82) is 0 Å². The smallest absolute Gasteiger partial charge is 0.342 e. The Bertz CT molecular complexity index is 1250. The van der Waals surface area contributed by atoms with Crippen LogP contribution < -0.4 is 5.56 Å². The molecule has 0 fully saturated rings. The molecule has 6 nitrogen and oxygen atoms in total. The van der Waals surface area contributed by atoms with E-state index in [0.717, 1.165) is 10.8 Å². The number of nitrogens with one attached hydrogen (secondary N) is 1. The first-order valence-electron chi connectivity index (χ1n) is 8.08. The lowest BCUT2D eigenvalue weighted by atomic mass is 10.1. The van der Waals surface area contributed by atoms with Gasteiger partial charge in [0.1, 0.15) is 23.7 Å². The number of phenolic OH excluding ortho intramolecular Hbond substituents is 1. The lowest BCUT2D eigenvalue weighted by Crippen LogP contribution is -2.14. The fourth-order valence-corrected chi connectivity index (χ4v) is 3.00. The van der Waals surface area contributed by atoms with Gasteiger partial charge in [-0.25, -0.2) is 9.78 Å². The molecule has 4 aromatic rings. The van der Waals surface area contributed by atoms with Gasteiger partial charge in [-0.2, -0.15) is 0 Å². The maximum absolute atomic E-state index is 12.4. The number of aromatic amines is 1. The molecule has 0 unspecified atom stereocenters. The van der Waals surface area contributed by atoms with Gasteiger partial charge in [-0.05, 0) is 41.1 Å². The molecule has 0 aliphatic heterocycles. The van der Waals surface area contributed by atoms with Crippen molar-refractivity contribution < 1.29 is 14.6 Å². The number of carbonyl (C=O) groups is 1. The number of fused-ring (bicyclic) bond motifs is 2. The summed E-state index contributed by atoms with van der Waals surface area (Å²) in [6.45, 7) is -0.247. The first-order valence-corrected chi connectivity index (χ1v) is 8.46. The molecule has 1 heterocycles. The normalized spacial score (nSPS) is 11.0. The highest BCUT2D eigenvalue weighted by molar-refractivity contribution is 6.31. The van der Waals surface area contributed by atoms with Crippen molar-refractivity contribution in [2.45, 2.75) is 6.61 Å². The molecule has 1 aromatic heterocycles. The van der Waals surface area contributed by atoms with Crippen molar-refractivity contribution in [3.63, 3.8) is 0 Å². The third-order valence-electron chi connectivity index (χ3n) is 4.14. The van der Waals surface area contributed by atoms with Gasteiger partial charge < -0.3 is 14.8 Å². The molecule has 2 N–H and O–H groups in total. The molecule has 4 rings (SSSR count). The van der Waals surface area contributed by atoms with Crippen molar-refractivity contribution in [1.82, 2.24) is 9.97 Å². The number of halogens is 1. The van der Waals surface area contributed by atoms with Gasteiger partial charge in [0.2, 0.25) is 0 Å². The monoisotopic (exact) mass is 380 g/mol. The summed E-state index contributed by atoms with van der Waals surface area (Å²) in [4.78, 5) is 31.3. The quantitative estimate of drug-likeness (QED) is 0.527. The van der Waals surface area contributed by atoms with E-state index in [1.807, 2.05) is 24.3 Å². The molecular formula is C20H13ClN2O4. The zero-order valence-electron chi connectivity index (χ0n) is 13.9. The van der Waals surface area contributed by atoms with Crippen LogP contribution in [0.2, 0.25) is 5.02 Å². The fourth-order valence-electron chi connectivity index (χ4n) is 2.83. The number of phenols is 1. The molecule has 0 aliphatic rings. The van der Waals surface area contributed by atoms with Gasteiger partial charge in [0.25, 0.3) is 5.56 Å². The molecule has 0 amide bonds. The number of hydrogen-bond donors (Lipinski definition) is 2. The summed E-state index contributed by atoms with van der Waals surface area (Å²) in [5, 5.41) is 12.6. The molecule has 7 heteroatoms. The molecule has 0 bridgehead atoms. The number of aromatic nitrogens is 2. The van der Waals surface area contributed by atoms with Gasteiger partial charge in [-0.3, -0.25) is 4.79 Å². The number of aromatic hydroxyl groups is 1. The van der Waals surface area contributed by atoms with E-state index >= 15 is 0 Å². The van der Waals surface area contributed by atoms with Gasteiger partial charge in [-0.15, -0.1) is 0 Å². The Morgan fingerprint density at radius 3 is 2.63 bits per heavy atom. The van der Waals surface area contributed by atoms with Crippen molar-refractivity contribution in [3.8, 4) is 5.75 Å². The molecule has 27 heavy (non-hydrogen) atoms. The highest BCUT2D eigenvalue weighted by Crippen LogP contribution is 2.25. The maximum atomic E-state index is 12.4. The van der Waals surface area contributed by atoms with Crippen LogP contribution in [-0.2, 0) is 11.3 Å². The standard InChI is InChI=1S/C20H13ClN2O4/c21-13-5-6-14-16(9-13)22-18(23-19(14)25)10-27-20(26)15-7-11-3-1-2-4-12(11)8-17(15)24/h1-9,24H,10H2,(H,22,23,25). The summed E-state index contributed by atoms with van der Waals surface area (Å²) in [7, 11) is 0. The lowest BCUT2D eigenvalue weighted by molar-refractivity contribution is 0.0459. The Kier molecular flexibility index (Phi) is 4.25. The van der Waals surface area contributed by atoms with Gasteiger partial charge in [0, 0.05) is 5.02 Å². The summed E-state index contributed by atoms with van der Waals surface area (Å²) in [6.07, 6.45) is 0. The summed E-state index contributed by atoms with van der Waals surface area (Å²) in [5.41, 5.74) is 0.0991. The summed E-state index contributed by atoms with van der Waals surface area (Å²) >= 11 is 5.93. The summed E-state index contributed by atoms with van der Waals surface area (Å²) in [6, 6.07) is 15.1. The van der Waals surface area contributed by atoms with Crippen LogP contribution in [0, 0.1) is 0 Å². The number of hydrogen-bond acceptors (Lipinski definition) is 5. The van der Waals surface area contributed by atoms with Crippen LogP contribution in [-0.4, -0.2) is 21.0 Å². The zero-order chi connectivity index (χ0) is 19.0. The predicted molar refractivity (Wildman–Crippen MR) is 102 cm³/mol. The Hall–Kier alpha value is -3.38. The van der Waals surface area contributed by atoms with Gasteiger partial charge in [0.05, 0.1) is 10.9 Å². The second-order valence-electron chi connectivity index (χ2n) is 5.97. The van der Waals surface area contributed by atoms with Gasteiger partial charge >= 0.3 is 5.97 Å². The molecule has 134 valence electrons. The van der Waals surface area contributed by atoms with Crippen molar-refractivity contribution >= 4 is 39.2 Å². The van der Waals surface area contributed by atoms with Crippen LogP contribution in [0.15, 0.2) is 59.4 Å². The Balaban J connectivity index is 1.60. The highest BCUT2D eigenvalue weighted by Gasteiger charge is 2.15. The van der Waals surface area contributed by atoms with E-state index < -0.39 is 5.97 Å². The van der Waals surface area contributed by atoms with E-state index in [9.17, 15) is 14.7 Å². The molecule has 0 saturated heterocycles. The molecule has 0 aliphatic carbocycles. The number of nitrogens with zero attached hydrogens (tertiary/aromatic N) is 1. The highest BCUT2D eigenvalue weighted by atomic mass is 35.5. The topological polar surface area (TPSA) is 92.3 Å². The second kappa shape index (κ2) is 6.74. The summed E-state index contributed by atoms with van der Waals surface area (Å²) in [5.74, 6) is -0.707. The number of ether oxygens (including phenoxy) is 1. The second-order valence-corrected chi connectivity index (χ2v) is 6.40. The van der Waals surface area contributed by atoms with E-state index in [4.69, 9.17) is 16.3 Å². The number of esters is 1. The average Bonchev–Trinajstić information content (AvgIpc) is 2.65.